The van der Waals surface area contributed by atoms with Gasteiger partial charge in [-0.2, -0.15) is 0 Å². The fourth-order valence-corrected chi connectivity index (χ4v) is 1.97. The summed E-state index contributed by atoms with van der Waals surface area (Å²) in [7, 11) is 1.40. The van der Waals surface area contributed by atoms with Gasteiger partial charge in [0.1, 0.15) is 0 Å². The first-order valence-corrected chi connectivity index (χ1v) is 4.93. The van der Waals surface area contributed by atoms with Crippen LogP contribution in [0.15, 0.2) is 12.1 Å². The van der Waals surface area contributed by atoms with Gasteiger partial charge in [0.25, 0.3) is 0 Å². The third-order valence-corrected chi connectivity index (χ3v) is 2.88. The second-order valence-corrected chi connectivity index (χ2v) is 3.83. The molecule has 0 heterocycles. The van der Waals surface area contributed by atoms with E-state index in [9.17, 15) is 9.50 Å². The van der Waals surface area contributed by atoms with Crippen LogP contribution in [0.3, 0.4) is 0 Å². The minimum Gasteiger partial charge on any atom is -0.494 e. The summed E-state index contributed by atoms with van der Waals surface area (Å²) in [6.07, 6.45) is 0.664. The minimum atomic E-state index is -0.719. The standard InChI is InChI=1S/C11H14FNO2.ClH/c1-15-10-5-7-6(4-8(10)12)2-3-9(13)11(7)14;/h4-5,9,11,14H,2-3,13H2,1H3;1H. The third-order valence-electron chi connectivity index (χ3n) is 2.88. The number of aliphatic hydroxyl groups excluding tert-OH is 1. The molecule has 0 aromatic heterocycles. The largest absolute Gasteiger partial charge is 0.494 e. The molecular weight excluding hydrogens is 233 g/mol. The number of rotatable bonds is 1. The second-order valence-electron chi connectivity index (χ2n) is 3.83. The van der Waals surface area contributed by atoms with Crippen LogP contribution in [-0.4, -0.2) is 18.3 Å². The van der Waals surface area contributed by atoms with Gasteiger partial charge in [0.05, 0.1) is 13.2 Å². The number of ether oxygens (including phenoxy) is 1. The summed E-state index contributed by atoms with van der Waals surface area (Å²) in [5.41, 5.74) is 7.25. The Kier molecular flexibility index (Phi) is 4.13. The highest BCUT2D eigenvalue weighted by atomic mass is 35.5. The molecule has 5 heteroatoms. The van der Waals surface area contributed by atoms with E-state index in [2.05, 4.69) is 0 Å². The first kappa shape index (κ1) is 13.2. The van der Waals surface area contributed by atoms with Crippen LogP contribution in [0.4, 0.5) is 4.39 Å². The Bertz CT molecular complexity index is 386. The van der Waals surface area contributed by atoms with E-state index < -0.39 is 6.10 Å². The van der Waals surface area contributed by atoms with Crippen LogP contribution in [0.5, 0.6) is 5.75 Å². The van der Waals surface area contributed by atoms with E-state index in [0.717, 1.165) is 5.56 Å². The van der Waals surface area contributed by atoms with Gasteiger partial charge in [0.15, 0.2) is 11.6 Å². The summed E-state index contributed by atoms with van der Waals surface area (Å²) in [5.74, 6) is -0.235. The summed E-state index contributed by atoms with van der Waals surface area (Å²) >= 11 is 0. The maximum Gasteiger partial charge on any atom is 0.165 e. The number of nitrogens with two attached hydrogens (primary N) is 1. The zero-order valence-corrected chi connectivity index (χ0v) is 9.76. The number of fused-ring (bicyclic) bond motifs is 1. The van der Waals surface area contributed by atoms with Crippen molar-refractivity contribution in [3.8, 4) is 5.75 Å². The first-order valence-electron chi connectivity index (χ1n) is 4.93. The fourth-order valence-electron chi connectivity index (χ4n) is 1.97. The van der Waals surface area contributed by atoms with Crippen molar-refractivity contribution >= 4 is 12.4 Å². The predicted octanol–water partition coefficient (Wildman–Crippen LogP) is 1.56. The number of aliphatic hydroxyl groups is 1. The van der Waals surface area contributed by atoms with Crippen molar-refractivity contribution in [1.29, 1.82) is 0 Å². The molecule has 1 aliphatic rings. The molecule has 0 radical (unpaired) electrons. The average molecular weight is 248 g/mol. The molecule has 0 spiro atoms. The third kappa shape index (κ3) is 2.14. The monoisotopic (exact) mass is 247 g/mol. The van der Waals surface area contributed by atoms with Crippen molar-refractivity contribution in [3.05, 3.63) is 29.1 Å². The molecule has 0 saturated carbocycles. The van der Waals surface area contributed by atoms with Gasteiger partial charge < -0.3 is 15.6 Å². The molecule has 0 amide bonds. The lowest BCUT2D eigenvalue weighted by molar-refractivity contribution is 0.133. The lowest BCUT2D eigenvalue weighted by Gasteiger charge is -2.27. The van der Waals surface area contributed by atoms with Gasteiger partial charge in [-0.3, -0.25) is 0 Å². The number of hydrogen-bond donors (Lipinski definition) is 2. The Balaban J connectivity index is 0.00000128. The van der Waals surface area contributed by atoms with Crippen LogP contribution in [0.2, 0.25) is 0 Å². The summed E-state index contributed by atoms with van der Waals surface area (Å²) in [6.45, 7) is 0. The molecular formula is C11H15ClFNO2. The highest BCUT2D eigenvalue weighted by Crippen LogP contribution is 2.33. The number of halogens is 2. The molecule has 0 bridgehead atoms. The maximum absolute atomic E-state index is 13.4. The van der Waals surface area contributed by atoms with Crippen molar-refractivity contribution < 1.29 is 14.2 Å². The lowest BCUT2D eigenvalue weighted by Crippen LogP contribution is -2.33. The number of hydrogen-bond acceptors (Lipinski definition) is 3. The molecule has 2 atom stereocenters. The first-order chi connectivity index (χ1) is 7.13. The summed E-state index contributed by atoms with van der Waals surface area (Å²) in [5, 5.41) is 9.84. The Labute approximate surface area is 99.8 Å². The lowest BCUT2D eigenvalue weighted by atomic mass is 9.86. The van der Waals surface area contributed by atoms with Crippen LogP contribution in [0.25, 0.3) is 0 Å². The van der Waals surface area contributed by atoms with E-state index in [0.29, 0.717) is 18.4 Å². The Morgan fingerprint density at radius 2 is 2.19 bits per heavy atom. The Morgan fingerprint density at radius 1 is 1.50 bits per heavy atom. The summed E-state index contributed by atoms with van der Waals surface area (Å²) in [4.78, 5) is 0. The van der Waals surface area contributed by atoms with E-state index in [1.54, 1.807) is 0 Å². The molecule has 90 valence electrons. The van der Waals surface area contributed by atoms with Crippen LogP contribution in [0, 0.1) is 5.82 Å². The zero-order valence-electron chi connectivity index (χ0n) is 8.94. The topological polar surface area (TPSA) is 55.5 Å². The second kappa shape index (κ2) is 4.99. The van der Waals surface area contributed by atoms with E-state index in [4.69, 9.17) is 10.5 Å². The van der Waals surface area contributed by atoms with Crippen LogP contribution in [-0.2, 0) is 6.42 Å². The smallest absolute Gasteiger partial charge is 0.165 e. The minimum absolute atomic E-state index is 0. The van der Waals surface area contributed by atoms with Gasteiger partial charge in [0.2, 0.25) is 0 Å². The van der Waals surface area contributed by atoms with Crippen molar-refractivity contribution in [2.45, 2.75) is 25.0 Å². The van der Waals surface area contributed by atoms with Crippen molar-refractivity contribution in [2.24, 2.45) is 5.73 Å². The van der Waals surface area contributed by atoms with Gasteiger partial charge in [0, 0.05) is 6.04 Å². The van der Waals surface area contributed by atoms with Gasteiger partial charge in [-0.05, 0) is 36.1 Å². The molecule has 3 N–H and O–H groups in total. The average Bonchev–Trinajstić information content (AvgIpc) is 2.23. The highest BCUT2D eigenvalue weighted by molar-refractivity contribution is 5.85. The zero-order chi connectivity index (χ0) is 11.0. The number of methoxy groups -OCH3 is 1. The van der Waals surface area contributed by atoms with Crippen molar-refractivity contribution in [2.75, 3.05) is 7.11 Å². The van der Waals surface area contributed by atoms with Gasteiger partial charge in [-0.15, -0.1) is 12.4 Å². The van der Waals surface area contributed by atoms with Crippen molar-refractivity contribution in [1.82, 2.24) is 0 Å². The molecule has 0 aliphatic heterocycles. The molecule has 3 nitrogen and oxygen atoms in total. The van der Waals surface area contributed by atoms with Gasteiger partial charge in [-0.1, -0.05) is 0 Å². The van der Waals surface area contributed by atoms with E-state index >= 15 is 0 Å². The van der Waals surface area contributed by atoms with E-state index in [1.165, 1.54) is 19.2 Å². The summed E-state index contributed by atoms with van der Waals surface area (Å²) < 4.78 is 18.2. The van der Waals surface area contributed by atoms with Crippen LogP contribution >= 0.6 is 12.4 Å². The summed E-state index contributed by atoms with van der Waals surface area (Å²) in [6, 6.07) is 2.69. The number of aryl methyl sites for hydroxylation is 1. The molecule has 16 heavy (non-hydrogen) atoms. The molecule has 2 unspecified atom stereocenters. The molecule has 1 aliphatic carbocycles. The molecule has 2 rings (SSSR count). The van der Waals surface area contributed by atoms with Crippen LogP contribution < -0.4 is 10.5 Å². The Hall–Kier alpha value is -0.840. The highest BCUT2D eigenvalue weighted by Gasteiger charge is 2.26. The number of benzene rings is 1. The quantitative estimate of drug-likeness (QED) is 0.792. The SMILES string of the molecule is COc1cc2c(cc1F)CCC(N)C2O.Cl. The predicted molar refractivity (Wildman–Crippen MR) is 61.5 cm³/mol. The Morgan fingerprint density at radius 3 is 2.81 bits per heavy atom. The van der Waals surface area contributed by atoms with Crippen molar-refractivity contribution in [3.63, 3.8) is 0 Å². The van der Waals surface area contributed by atoms with Gasteiger partial charge in [-0.25, -0.2) is 4.39 Å². The molecule has 1 aromatic rings. The fraction of sp³-hybridized carbons (Fsp3) is 0.455. The molecule has 0 fully saturated rings. The maximum atomic E-state index is 13.4. The van der Waals surface area contributed by atoms with E-state index in [1.807, 2.05) is 0 Å². The normalized spacial score (nSPS) is 23.2. The van der Waals surface area contributed by atoms with Crippen LogP contribution in [0.1, 0.15) is 23.7 Å². The molecule has 1 aromatic carbocycles. The molecule has 0 saturated heterocycles. The van der Waals surface area contributed by atoms with Gasteiger partial charge >= 0.3 is 0 Å². The van der Waals surface area contributed by atoms with E-state index in [-0.39, 0.29) is 30.0 Å².